The van der Waals surface area contributed by atoms with Crippen LogP contribution in [0, 0.1) is 16.7 Å². The van der Waals surface area contributed by atoms with Crippen LogP contribution in [0.4, 0.5) is 0 Å². The van der Waals surface area contributed by atoms with Crippen LogP contribution in [0.15, 0.2) is 46.3 Å². The standard InChI is InChI=1S/C20H20O6/c1-19-8-14(11-5-7-24-9-11)26-18(23)20(19)6-4-12-10-25-17(22)16(12)13(21)2-3-15(19)20/h2-3,5,7,9,13-15,21H,4,6,8,10H2,1H3. The summed E-state index contributed by atoms with van der Waals surface area (Å²) in [5, 5.41) is 10.4. The lowest BCUT2D eigenvalue weighted by atomic mass is 9.81. The molecule has 1 N–H and O–H groups in total. The molecule has 0 bridgehead atoms. The topological polar surface area (TPSA) is 86.0 Å². The smallest absolute Gasteiger partial charge is 0.337 e. The third-order valence-electron chi connectivity index (χ3n) is 6.87. The number of ether oxygens (including phenoxy) is 2. The first-order chi connectivity index (χ1) is 12.5. The van der Waals surface area contributed by atoms with Gasteiger partial charge in [0.05, 0.1) is 23.5 Å². The van der Waals surface area contributed by atoms with Crippen molar-refractivity contribution in [3.8, 4) is 0 Å². The zero-order chi connectivity index (χ0) is 18.1. The molecule has 0 aromatic carbocycles. The molecule has 4 aliphatic rings. The maximum atomic E-state index is 13.1. The number of carbonyl (C=O) groups excluding carboxylic acids is 2. The van der Waals surface area contributed by atoms with E-state index in [-0.39, 0.29) is 30.0 Å². The molecule has 0 amide bonds. The van der Waals surface area contributed by atoms with Gasteiger partial charge in [-0.05, 0) is 36.3 Å². The number of aliphatic hydroxyl groups excluding tert-OH is 1. The molecule has 136 valence electrons. The van der Waals surface area contributed by atoms with E-state index < -0.39 is 17.5 Å². The average Bonchev–Trinajstić information content (AvgIpc) is 3.03. The van der Waals surface area contributed by atoms with E-state index in [1.807, 2.05) is 12.1 Å². The third-order valence-corrected chi connectivity index (χ3v) is 6.87. The van der Waals surface area contributed by atoms with Gasteiger partial charge >= 0.3 is 11.9 Å². The van der Waals surface area contributed by atoms with Gasteiger partial charge < -0.3 is 19.0 Å². The number of carbonyl (C=O) groups is 2. The van der Waals surface area contributed by atoms with Gasteiger partial charge in [0.2, 0.25) is 0 Å². The summed E-state index contributed by atoms with van der Waals surface area (Å²) in [6.45, 7) is 2.32. The summed E-state index contributed by atoms with van der Waals surface area (Å²) in [6, 6.07) is 1.83. The Balaban J connectivity index is 1.50. The van der Waals surface area contributed by atoms with Crippen LogP contribution < -0.4 is 0 Å². The van der Waals surface area contributed by atoms with Crippen molar-refractivity contribution in [2.24, 2.45) is 16.7 Å². The molecule has 3 heterocycles. The molecule has 1 saturated heterocycles. The zero-order valence-corrected chi connectivity index (χ0v) is 14.4. The van der Waals surface area contributed by atoms with Gasteiger partial charge in [0.25, 0.3) is 0 Å². The van der Waals surface area contributed by atoms with Crippen molar-refractivity contribution in [3.05, 3.63) is 47.5 Å². The molecule has 6 nitrogen and oxygen atoms in total. The second-order valence-corrected chi connectivity index (χ2v) is 7.94. The second kappa shape index (κ2) is 5.10. The van der Waals surface area contributed by atoms with E-state index in [2.05, 4.69) is 6.92 Å². The molecule has 1 aromatic heterocycles. The van der Waals surface area contributed by atoms with Crippen LogP contribution in [-0.2, 0) is 19.1 Å². The molecule has 1 spiro atoms. The number of hydrogen-bond acceptors (Lipinski definition) is 6. The number of aliphatic hydroxyl groups is 1. The van der Waals surface area contributed by atoms with E-state index >= 15 is 0 Å². The van der Waals surface area contributed by atoms with E-state index in [0.29, 0.717) is 24.8 Å². The van der Waals surface area contributed by atoms with E-state index in [9.17, 15) is 14.7 Å². The van der Waals surface area contributed by atoms with Crippen LogP contribution in [-0.4, -0.2) is 29.8 Å². The Bertz CT molecular complexity index is 850. The summed E-state index contributed by atoms with van der Waals surface area (Å²) >= 11 is 0. The van der Waals surface area contributed by atoms with Gasteiger partial charge in [0, 0.05) is 11.5 Å². The van der Waals surface area contributed by atoms with Crippen molar-refractivity contribution in [3.63, 3.8) is 0 Å². The van der Waals surface area contributed by atoms with Gasteiger partial charge in [-0.1, -0.05) is 19.1 Å². The number of furan rings is 1. The third kappa shape index (κ3) is 1.85. The summed E-state index contributed by atoms with van der Waals surface area (Å²) in [6.07, 6.45) is 7.29. The molecule has 0 radical (unpaired) electrons. The predicted octanol–water partition coefficient (Wildman–Crippen LogP) is 2.45. The van der Waals surface area contributed by atoms with E-state index in [1.54, 1.807) is 18.6 Å². The molecule has 2 aliphatic carbocycles. The Hall–Kier alpha value is -2.34. The number of cyclic esters (lactones) is 2. The monoisotopic (exact) mass is 356 g/mol. The van der Waals surface area contributed by atoms with E-state index in [0.717, 1.165) is 11.1 Å². The number of rotatable bonds is 1. The summed E-state index contributed by atoms with van der Waals surface area (Å²) in [7, 11) is 0. The van der Waals surface area contributed by atoms with Crippen molar-refractivity contribution < 1.29 is 28.6 Å². The minimum Gasteiger partial charge on any atom is -0.472 e. The minimum absolute atomic E-state index is 0.00917. The lowest BCUT2D eigenvalue weighted by molar-refractivity contribution is -0.166. The number of esters is 2. The fourth-order valence-corrected chi connectivity index (χ4v) is 5.34. The largest absolute Gasteiger partial charge is 0.472 e. The highest BCUT2D eigenvalue weighted by Crippen LogP contribution is 2.78. The summed E-state index contributed by atoms with van der Waals surface area (Å²) < 4.78 is 16.0. The SMILES string of the molecule is CC12CC(c3ccoc3)OC(=O)C13CCC1=C(C(=O)OC1)C(O)C=CC23. The van der Waals surface area contributed by atoms with Crippen molar-refractivity contribution in [1.29, 1.82) is 0 Å². The lowest BCUT2D eigenvalue weighted by Gasteiger charge is -2.32. The van der Waals surface area contributed by atoms with Gasteiger partial charge in [-0.2, -0.15) is 0 Å². The van der Waals surface area contributed by atoms with E-state index in [4.69, 9.17) is 13.9 Å². The summed E-state index contributed by atoms with van der Waals surface area (Å²) in [4.78, 5) is 25.0. The fraction of sp³-hybridized carbons (Fsp3) is 0.500. The normalized spacial score (nSPS) is 41.2. The van der Waals surface area contributed by atoms with Crippen molar-refractivity contribution in [2.45, 2.75) is 38.4 Å². The Labute approximate surface area is 150 Å². The second-order valence-electron chi connectivity index (χ2n) is 7.94. The zero-order valence-electron chi connectivity index (χ0n) is 14.4. The maximum absolute atomic E-state index is 13.1. The van der Waals surface area contributed by atoms with Gasteiger partial charge in [-0.25, -0.2) is 4.79 Å². The summed E-state index contributed by atoms with van der Waals surface area (Å²) in [5.41, 5.74) is 1.16. The van der Waals surface area contributed by atoms with Gasteiger partial charge in [-0.3, -0.25) is 4.79 Å². The van der Waals surface area contributed by atoms with Crippen LogP contribution in [0.2, 0.25) is 0 Å². The Kier molecular flexibility index (Phi) is 3.11. The Morgan fingerprint density at radius 3 is 2.88 bits per heavy atom. The highest BCUT2D eigenvalue weighted by atomic mass is 16.6. The lowest BCUT2D eigenvalue weighted by Crippen LogP contribution is -2.33. The molecular weight excluding hydrogens is 336 g/mol. The van der Waals surface area contributed by atoms with E-state index in [1.165, 1.54) is 0 Å². The summed E-state index contributed by atoms with van der Waals surface area (Å²) in [5.74, 6) is -0.666. The molecule has 5 atom stereocenters. The first-order valence-electron chi connectivity index (χ1n) is 8.96. The molecule has 6 heteroatoms. The molecule has 26 heavy (non-hydrogen) atoms. The quantitative estimate of drug-likeness (QED) is 0.614. The van der Waals surface area contributed by atoms with Gasteiger partial charge in [0.1, 0.15) is 18.8 Å². The number of allylic oxidation sites excluding steroid dienone is 1. The number of hydrogen-bond donors (Lipinski definition) is 1. The highest BCUT2D eigenvalue weighted by Gasteiger charge is 2.79. The molecule has 2 fully saturated rings. The van der Waals surface area contributed by atoms with Gasteiger partial charge in [-0.15, -0.1) is 0 Å². The van der Waals surface area contributed by atoms with Crippen molar-refractivity contribution >= 4 is 11.9 Å². The van der Waals surface area contributed by atoms with Crippen LogP contribution in [0.25, 0.3) is 0 Å². The van der Waals surface area contributed by atoms with Crippen LogP contribution in [0.1, 0.15) is 37.9 Å². The fourth-order valence-electron chi connectivity index (χ4n) is 5.34. The van der Waals surface area contributed by atoms with Gasteiger partial charge in [0.15, 0.2) is 0 Å². The van der Waals surface area contributed by atoms with Crippen LogP contribution >= 0.6 is 0 Å². The Morgan fingerprint density at radius 1 is 1.27 bits per heavy atom. The predicted molar refractivity (Wildman–Crippen MR) is 88.6 cm³/mol. The first kappa shape index (κ1) is 15.9. The molecule has 1 saturated carbocycles. The number of fused-ring (bicyclic) bond motifs is 1. The van der Waals surface area contributed by atoms with Crippen LogP contribution in [0.5, 0.6) is 0 Å². The molecule has 1 aromatic rings. The Morgan fingerprint density at radius 2 is 2.12 bits per heavy atom. The first-order valence-corrected chi connectivity index (χ1v) is 8.96. The molecule has 5 rings (SSSR count). The van der Waals surface area contributed by atoms with Crippen molar-refractivity contribution in [2.75, 3.05) is 6.61 Å². The average molecular weight is 356 g/mol. The van der Waals surface area contributed by atoms with Crippen LogP contribution in [0.3, 0.4) is 0 Å². The molecule has 2 aliphatic heterocycles. The minimum atomic E-state index is -0.984. The molecule has 5 unspecified atom stereocenters. The maximum Gasteiger partial charge on any atom is 0.337 e. The molecular formula is C20H20O6. The highest BCUT2D eigenvalue weighted by molar-refractivity contribution is 5.93. The van der Waals surface area contributed by atoms with Crippen molar-refractivity contribution in [1.82, 2.24) is 0 Å².